The summed E-state index contributed by atoms with van der Waals surface area (Å²) in [5, 5.41) is 2.19. The SMILES string of the molecule is [c]1ccc2oc3ccccc3c2c1-c1ccccn1. The monoisotopic (exact) mass is 244 g/mol. The van der Waals surface area contributed by atoms with Crippen molar-refractivity contribution in [1.82, 2.24) is 4.98 Å². The highest BCUT2D eigenvalue weighted by atomic mass is 16.3. The molecule has 0 fully saturated rings. The second kappa shape index (κ2) is 3.95. The predicted molar refractivity (Wildman–Crippen MR) is 75.8 cm³/mol. The topological polar surface area (TPSA) is 26.0 Å². The largest absolute Gasteiger partial charge is 0.456 e. The molecule has 0 spiro atoms. The van der Waals surface area contributed by atoms with Gasteiger partial charge in [0.15, 0.2) is 0 Å². The van der Waals surface area contributed by atoms with E-state index in [0.29, 0.717) is 0 Å². The Balaban J connectivity index is 2.17. The van der Waals surface area contributed by atoms with Crippen molar-refractivity contribution in [2.24, 2.45) is 0 Å². The first kappa shape index (κ1) is 10.3. The molecule has 2 heteroatoms. The standard InChI is InChI=1S/C17H10NO/c1-2-9-15-13(6-1)17-12(7-5-10-16(17)19-15)14-8-3-4-11-18-14/h1-6,8-11H. The summed E-state index contributed by atoms with van der Waals surface area (Å²) in [7, 11) is 0. The van der Waals surface area contributed by atoms with Crippen LogP contribution in [0.5, 0.6) is 0 Å². The van der Waals surface area contributed by atoms with Gasteiger partial charge >= 0.3 is 0 Å². The van der Waals surface area contributed by atoms with Crippen molar-refractivity contribution in [3.63, 3.8) is 0 Å². The molecule has 4 aromatic rings. The number of hydrogen-bond donors (Lipinski definition) is 0. The maximum absolute atomic E-state index is 5.87. The van der Waals surface area contributed by atoms with E-state index in [9.17, 15) is 0 Å². The number of fused-ring (bicyclic) bond motifs is 3. The molecule has 0 saturated heterocycles. The molecule has 19 heavy (non-hydrogen) atoms. The lowest BCUT2D eigenvalue weighted by Crippen LogP contribution is -1.83. The minimum absolute atomic E-state index is 0.876. The third-order valence-electron chi connectivity index (χ3n) is 3.26. The van der Waals surface area contributed by atoms with Crippen molar-refractivity contribution in [2.75, 3.05) is 0 Å². The number of hydrogen-bond acceptors (Lipinski definition) is 2. The summed E-state index contributed by atoms with van der Waals surface area (Å²) in [6, 6.07) is 21.1. The Labute approximate surface area is 110 Å². The van der Waals surface area contributed by atoms with E-state index >= 15 is 0 Å². The highest BCUT2D eigenvalue weighted by Crippen LogP contribution is 2.35. The summed E-state index contributed by atoms with van der Waals surface area (Å²) in [6.45, 7) is 0. The van der Waals surface area contributed by atoms with E-state index < -0.39 is 0 Å². The molecule has 0 aliphatic heterocycles. The summed E-state index contributed by atoms with van der Waals surface area (Å²) in [5.74, 6) is 0. The lowest BCUT2D eigenvalue weighted by Gasteiger charge is -2.01. The predicted octanol–water partition coefficient (Wildman–Crippen LogP) is 4.45. The Morgan fingerprint density at radius 2 is 1.79 bits per heavy atom. The van der Waals surface area contributed by atoms with Gasteiger partial charge in [-0.1, -0.05) is 24.3 Å². The molecule has 2 nitrogen and oxygen atoms in total. The van der Waals surface area contributed by atoms with Gasteiger partial charge in [0.05, 0.1) is 5.69 Å². The van der Waals surface area contributed by atoms with Crippen LogP contribution in [0.3, 0.4) is 0 Å². The lowest BCUT2D eigenvalue weighted by molar-refractivity contribution is 0.669. The highest BCUT2D eigenvalue weighted by molar-refractivity contribution is 6.11. The number of para-hydroxylation sites is 1. The van der Waals surface area contributed by atoms with Crippen LogP contribution in [-0.4, -0.2) is 4.98 Å². The molecule has 0 aliphatic rings. The van der Waals surface area contributed by atoms with E-state index in [0.717, 1.165) is 33.2 Å². The molecule has 0 unspecified atom stereocenters. The van der Waals surface area contributed by atoms with Crippen LogP contribution >= 0.6 is 0 Å². The van der Waals surface area contributed by atoms with Crippen LogP contribution in [0.25, 0.3) is 33.2 Å². The van der Waals surface area contributed by atoms with Gasteiger partial charge in [-0.3, -0.25) is 4.98 Å². The Bertz CT molecular complexity index is 862. The molecule has 2 heterocycles. The average molecular weight is 244 g/mol. The molecule has 0 amide bonds. The van der Waals surface area contributed by atoms with Gasteiger partial charge < -0.3 is 4.42 Å². The normalized spacial score (nSPS) is 11.2. The molecule has 1 radical (unpaired) electrons. The van der Waals surface area contributed by atoms with Gasteiger partial charge in [-0.2, -0.15) is 0 Å². The zero-order valence-corrected chi connectivity index (χ0v) is 10.1. The fourth-order valence-electron chi connectivity index (χ4n) is 2.43. The van der Waals surface area contributed by atoms with E-state index in [2.05, 4.69) is 17.1 Å². The van der Waals surface area contributed by atoms with Gasteiger partial charge in [-0.05, 0) is 36.4 Å². The van der Waals surface area contributed by atoms with Crippen LogP contribution in [0, 0.1) is 6.07 Å². The summed E-state index contributed by atoms with van der Waals surface area (Å²) >= 11 is 0. The Morgan fingerprint density at radius 3 is 2.68 bits per heavy atom. The molecule has 0 bridgehead atoms. The van der Waals surface area contributed by atoms with E-state index in [4.69, 9.17) is 4.42 Å². The van der Waals surface area contributed by atoms with Gasteiger partial charge in [0, 0.05) is 22.5 Å². The van der Waals surface area contributed by atoms with E-state index in [1.165, 1.54) is 0 Å². The first-order valence-electron chi connectivity index (χ1n) is 6.17. The van der Waals surface area contributed by atoms with Crippen LogP contribution in [0.15, 0.2) is 65.2 Å². The first-order chi connectivity index (χ1) is 9.43. The van der Waals surface area contributed by atoms with Crippen molar-refractivity contribution < 1.29 is 4.42 Å². The molecular weight excluding hydrogens is 234 g/mol. The molecule has 2 aromatic carbocycles. The van der Waals surface area contributed by atoms with Crippen LogP contribution in [0.1, 0.15) is 0 Å². The van der Waals surface area contributed by atoms with Crippen molar-refractivity contribution >= 4 is 21.9 Å². The quantitative estimate of drug-likeness (QED) is 0.494. The van der Waals surface area contributed by atoms with Crippen molar-refractivity contribution in [1.29, 1.82) is 0 Å². The number of furan rings is 1. The second-order valence-corrected chi connectivity index (χ2v) is 4.41. The molecule has 0 aliphatic carbocycles. The van der Waals surface area contributed by atoms with Crippen LogP contribution in [-0.2, 0) is 0 Å². The summed E-state index contributed by atoms with van der Waals surface area (Å²) in [5.41, 5.74) is 3.68. The van der Waals surface area contributed by atoms with E-state index in [1.807, 2.05) is 48.5 Å². The highest BCUT2D eigenvalue weighted by Gasteiger charge is 2.12. The smallest absolute Gasteiger partial charge is 0.136 e. The van der Waals surface area contributed by atoms with Gasteiger partial charge in [0.1, 0.15) is 11.2 Å². The van der Waals surface area contributed by atoms with Gasteiger partial charge in [-0.15, -0.1) is 0 Å². The summed E-state index contributed by atoms with van der Waals surface area (Å²) in [4.78, 5) is 4.41. The number of pyridine rings is 1. The first-order valence-corrected chi connectivity index (χ1v) is 6.17. The Morgan fingerprint density at radius 1 is 0.895 bits per heavy atom. The summed E-state index contributed by atoms with van der Waals surface area (Å²) in [6.07, 6.45) is 1.80. The minimum Gasteiger partial charge on any atom is -0.456 e. The Kier molecular flexibility index (Phi) is 2.15. The zero-order valence-electron chi connectivity index (χ0n) is 10.1. The fourth-order valence-corrected chi connectivity index (χ4v) is 2.43. The van der Waals surface area contributed by atoms with Crippen LogP contribution < -0.4 is 0 Å². The Hall–Kier alpha value is -2.61. The average Bonchev–Trinajstić information content (AvgIpc) is 2.86. The van der Waals surface area contributed by atoms with Crippen molar-refractivity contribution in [2.45, 2.75) is 0 Å². The maximum Gasteiger partial charge on any atom is 0.136 e. The van der Waals surface area contributed by atoms with Gasteiger partial charge in [0.2, 0.25) is 0 Å². The van der Waals surface area contributed by atoms with Crippen molar-refractivity contribution in [3.8, 4) is 11.3 Å². The van der Waals surface area contributed by atoms with Crippen LogP contribution in [0.4, 0.5) is 0 Å². The van der Waals surface area contributed by atoms with E-state index in [1.54, 1.807) is 6.20 Å². The second-order valence-electron chi connectivity index (χ2n) is 4.41. The molecule has 0 atom stereocenters. The maximum atomic E-state index is 5.87. The number of nitrogens with zero attached hydrogens (tertiary/aromatic N) is 1. The molecule has 89 valence electrons. The molecular formula is C17H10NO. The summed E-state index contributed by atoms with van der Waals surface area (Å²) < 4.78 is 5.87. The number of aromatic nitrogens is 1. The van der Waals surface area contributed by atoms with E-state index in [-0.39, 0.29) is 0 Å². The van der Waals surface area contributed by atoms with Crippen molar-refractivity contribution in [3.05, 3.63) is 66.9 Å². The van der Waals surface area contributed by atoms with Crippen LogP contribution in [0.2, 0.25) is 0 Å². The third-order valence-corrected chi connectivity index (χ3v) is 3.26. The fraction of sp³-hybridized carbons (Fsp3) is 0. The van der Waals surface area contributed by atoms with Gasteiger partial charge in [-0.25, -0.2) is 0 Å². The minimum atomic E-state index is 0.876. The zero-order chi connectivity index (χ0) is 12.7. The molecule has 2 aromatic heterocycles. The lowest BCUT2D eigenvalue weighted by atomic mass is 10.0. The number of rotatable bonds is 1. The molecule has 4 rings (SSSR count). The van der Waals surface area contributed by atoms with Gasteiger partial charge in [0.25, 0.3) is 0 Å². The third kappa shape index (κ3) is 1.54. The molecule has 0 saturated carbocycles. The number of benzene rings is 2. The molecule has 0 N–H and O–H groups in total.